The topological polar surface area (TPSA) is 92.4 Å². The first-order valence-corrected chi connectivity index (χ1v) is 8.29. The fourth-order valence-electron chi connectivity index (χ4n) is 3.05. The van der Waals surface area contributed by atoms with E-state index in [0.29, 0.717) is 24.3 Å². The summed E-state index contributed by atoms with van der Waals surface area (Å²) in [6.45, 7) is 0.621. The summed E-state index contributed by atoms with van der Waals surface area (Å²) in [5, 5.41) is 21.2. The number of anilines is 1. The van der Waals surface area contributed by atoms with E-state index < -0.39 is 22.8 Å². The lowest BCUT2D eigenvalue weighted by molar-refractivity contribution is -0.384. The van der Waals surface area contributed by atoms with Crippen LogP contribution >= 0.6 is 0 Å². The van der Waals surface area contributed by atoms with Gasteiger partial charge in [-0.3, -0.25) is 10.1 Å². The second-order valence-corrected chi connectivity index (χ2v) is 6.47. The number of aromatic nitrogens is 2. The summed E-state index contributed by atoms with van der Waals surface area (Å²) < 4.78 is 39.1. The monoisotopic (exact) mass is 390 g/mol. The Hall–Kier alpha value is -3.27. The van der Waals surface area contributed by atoms with Crippen molar-refractivity contribution in [3.05, 3.63) is 58.1 Å². The van der Waals surface area contributed by atoms with Gasteiger partial charge in [0.2, 0.25) is 0 Å². The number of nitrogens with zero attached hydrogens (tertiary/aromatic N) is 4. The van der Waals surface area contributed by atoms with Crippen LogP contribution in [-0.4, -0.2) is 39.2 Å². The Morgan fingerprint density at radius 3 is 2.54 bits per heavy atom. The van der Waals surface area contributed by atoms with Crippen molar-refractivity contribution < 1.29 is 23.2 Å². The Morgan fingerprint density at radius 1 is 1.14 bits per heavy atom. The number of hydrogen-bond donors (Lipinski definition) is 1. The number of nitro benzene ring substituents is 1. The van der Waals surface area contributed by atoms with E-state index in [1.54, 1.807) is 4.90 Å². The summed E-state index contributed by atoms with van der Waals surface area (Å²) in [5.74, 6) is 0.438. The van der Waals surface area contributed by atoms with Crippen LogP contribution in [0.25, 0.3) is 22.3 Å². The summed E-state index contributed by atoms with van der Waals surface area (Å²) in [4.78, 5) is 20.9. The van der Waals surface area contributed by atoms with Gasteiger partial charge in [0, 0.05) is 36.2 Å². The van der Waals surface area contributed by atoms with Crippen LogP contribution in [0, 0.1) is 10.1 Å². The van der Waals surface area contributed by atoms with Crippen LogP contribution in [0.3, 0.4) is 0 Å². The van der Waals surface area contributed by atoms with Gasteiger partial charge in [-0.05, 0) is 18.2 Å². The summed E-state index contributed by atoms with van der Waals surface area (Å²) in [6, 6.07) is 8.66. The molecule has 0 amide bonds. The summed E-state index contributed by atoms with van der Waals surface area (Å²) in [6.07, 6.45) is -5.05. The molecule has 1 aromatic heterocycles. The zero-order valence-electron chi connectivity index (χ0n) is 14.2. The van der Waals surface area contributed by atoms with Crippen molar-refractivity contribution >= 4 is 22.4 Å². The summed E-state index contributed by atoms with van der Waals surface area (Å²) >= 11 is 0. The lowest BCUT2D eigenvalue weighted by atomic mass is 10.1. The molecule has 10 heteroatoms. The highest BCUT2D eigenvalue weighted by Gasteiger charge is 2.31. The third-order valence-electron chi connectivity index (χ3n) is 4.48. The minimum absolute atomic E-state index is 0.0236. The van der Waals surface area contributed by atoms with Crippen LogP contribution in [0.15, 0.2) is 42.5 Å². The van der Waals surface area contributed by atoms with Crippen LogP contribution in [0.1, 0.15) is 5.56 Å². The zero-order valence-corrected chi connectivity index (χ0v) is 14.2. The molecule has 7 nitrogen and oxygen atoms in total. The maximum atomic E-state index is 13.0. The Labute approximate surface area is 156 Å². The molecule has 2 heterocycles. The van der Waals surface area contributed by atoms with Gasteiger partial charge < -0.3 is 10.0 Å². The second kappa shape index (κ2) is 6.41. The third-order valence-corrected chi connectivity index (χ3v) is 4.48. The van der Waals surface area contributed by atoms with E-state index in [2.05, 4.69) is 9.97 Å². The second-order valence-electron chi connectivity index (χ2n) is 6.47. The molecule has 1 fully saturated rings. The molecular weight excluding hydrogens is 377 g/mol. The maximum absolute atomic E-state index is 13.0. The van der Waals surface area contributed by atoms with Gasteiger partial charge in [-0.1, -0.05) is 12.1 Å². The lowest BCUT2D eigenvalue weighted by Crippen LogP contribution is -2.51. The van der Waals surface area contributed by atoms with Gasteiger partial charge in [-0.25, -0.2) is 9.97 Å². The van der Waals surface area contributed by atoms with Crippen molar-refractivity contribution in [2.75, 3.05) is 18.0 Å². The molecule has 1 N–H and O–H groups in total. The number of hydrogen-bond acceptors (Lipinski definition) is 6. The number of β-amino-alcohol motifs (C(OH)–C–C–N with tert-alkyl or cyclic N) is 1. The van der Waals surface area contributed by atoms with Gasteiger partial charge in [0.15, 0.2) is 5.82 Å². The standard InChI is InChI=1S/C18H13F3N4O3/c19-18(20,21)11-3-1-2-10(6-11)16-22-15-7-12(25(27)28)4-5-14(15)17(23-16)24-8-13(26)9-24/h1-7,13,26H,8-9H2. The molecule has 3 aromatic rings. The first-order valence-electron chi connectivity index (χ1n) is 8.29. The highest BCUT2D eigenvalue weighted by Crippen LogP contribution is 2.34. The first kappa shape index (κ1) is 18.1. The van der Waals surface area contributed by atoms with Crippen LogP contribution in [-0.2, 0) is 6.18 Å². The lowest BCUT2D eigenvalue weighted by Gasteiger charge is -2.37. The molecule has 1 aliphatic rings. The molecule has 28 heavy (non-hydrogen) atoms. The Balaban J connectivity index is 1.90. The van der Waals surface area contributed by atoms with E-state index in [4.69, 9.17) is 0 Å². The van der Waals surface area contributed by atoms with Gasteiger partial charge in [0.1, 0.15) is 5.82 Å². The number of benzene rings is 2. The van der Waals surface area contributed by atoms with E-state index in [1.807, 2.05) is 0 Å². The number of fused-ring (bicyclic) bond motifs is 1. The number of alkyl halides is 3. The van der Waals surface area contributed by atoms with Gasteiger partial charge in [-0.2, -0.15) is 13.2 Å². The van der Waals surface area contributed by atoms with Gasteiger partial charge in [-0.15, -0.1) is 0 Å². The molecule has 144 valence electrons. The van der Waals surface area contributed by atoms with E-state index in [1.165, 1.54) is 30.3 Å². The largest absolute Gasteiger partial charge is 0.416 e. The minimum atomic E-state index is -4.52. The Morgan fingerprint density at radius 2 is 1.89 bits per heavy atom. The van der Waals surface area contributed by atoms with Crippen LogP contribution in [0.2, 0.25) is 0 Å². The Kier molecular flexibility index (Phi) is 4.15. The van der Waals surface area contributed by atoms with Crippen molar-refractivity contribution in [2.45, 2.75) is 12.3 Å². The molecule has 0 saturated carbocycles. The number of rotatable bonds is 3. The van der Waals surface area contributed by atoms with E-state index >= 15 is 0 Å². The predicted octanol–water partition coefficient (Wildman–Crippen LogP) is 3.40. The summed E-state index contributed by atoms with van der Waals surface area (Å²) in [5.41, 5.74) is -0.636. The first-order chi connectivity index (χ1) is 13.2. The third kappa shape index (κ3) is 3.22. The van der Waals surface area contributed by atoms with E-state index in [-0.39, 0.29) is 22.6 Å². The number of halogens is 3. The quantitative estimate of drug-likeness (QED) is 0.544. The zero-order chi connectivity index (χ0) is 20.1. The van der Waals surface area contributed by atoms with Gasteiger partial charge in [0.05, 0.1) is 22.1 Å². The van der Waals surface area contributed by atoms with Crippen molar-refractivity contribution in [2.24, 2.45) is 0 Å². The molecule has 1 saturated heterocycles. The average molecular weight is 390 g/mol. The van der Waals surface area contributed by atoms with Crippen molar-refractivity contribution in [1.82, 2.24) is 9.97 Å². The van der Waals surface area contributed by atoms with Crippen molar-refractivity contribution in [1.29, 1.82) is 0 Å². The molecule has 0 atom stereocenters. The fourth-order valence-corrected chi connectivity index (χ4v) is 3.05. The van der Waals surface area contributed by atoms with Gasteiger partial charge in [0.25, 0.3) is 5.69 Å². The molecule has 0 spiro atoms. The average Bonchev–Trinajstić information content (AvgIpc) is 2.63. The smallest absolute Gasteiger partial charge is 0.389 e. The molecule has 4 rings (SSSR count). The normalized spacial score (nSPS) is 14.9. The summed E-state index contributed by atoms with van der Waals surface area (Å²) in [7, 11) is 0. The SMILES string of the molecule is O=[N+]([O-])c1ccc2c(N3CC(O)C3)nc(-c3cccc(C(F)(F)F)c3)nc2c1. The van der Waals surface area contributed by atoms with Crippen LogP contribution in [0.4, 0.5) is 24.7 Å². The highest BCUT2D eigenvalue weighted by molar-refractivity contribution is 5.92. The van der Waals surface area contributed by atoms with Crippen LogP contribution < -0.4 is 4.90 Å². The number of non-ortho nitro benzene ring substituents is 1. The van der Waals surface area contributed by atoms with E-state index in [9.17, 15) is 28.4 Å². The molecule has 0 radical (unpaired) electrons. The van der Waals surface area contributed by atoms with Crippen molar-refractivity contribution in [3.63, 3.8) is 0 Å². The Bertz CT molecular complexity index is 1080. The predicted molar refractivity (Wildman–Crippen MR) is 94.9 cm³/mol. The molecule has 0 aliphatic carbocycles. The van der Waals surface area contributed by atoms with Gasteiger partial charge >= 0.3 is 6.18 Å². The maximum Gasteiger partial charge on any atom is 0.416 e. The molecule has 0 bridgehead atoms. The van der Waals surface area contributed by atoms with Crippen LogP contribution in [0.5, 0.6) is 0 Å². The number of nitro groups is 1. The fraction of sp³-hybridized carbons (Fsp3) is 0.222. The number of aliphatic hydroxyl groups excluding tert-OH is 1. The molecule has 2 aromatic carbocycles. The van der Waals surface area contributed by atoms with E-state index in [0.717, 1.165) is 12.1 Å². The number of aliphatic hydroxyl groups is 1. The highest BCUT2D eigenvalue weighted by atomic mass is 19.4. The minimum Gasteiger partial charge on any atom is -0.389 e. The molecule has 1 aliphatic heterocycles. The van der Waals surface area contributed by atoms with Crippen molar-refractivity contribution in [3.8, 4) is 11.4 Å². The molecular formula is C18H13F3N4O3. The molecule has 0 unspecified atom stereocenters.